The summed E-state index contributed by atoms with van der Waals surface area (Å²) in [4.78, 5) is 10.8. The average molecular weight is 241 g/mol. The number of carbonyl (C=O) groups is 1. The Balaban J connectivity index is 2.65. The van der Waals surface area contributed by atoms with Gasteiger partial charge in [0.1, 0.15) is 6.61 Å². The Hall–Kier alpha value is -1.62. The van der Waals surface area contributed by atoms with Gasteiger partial charge in [0.15, 0.2) is 11.6 Å². The van der Waals surface area contributed by atoms with Crippen LogP contribution in [0.4, 0.5) is 4.39 Å². The number of halogens is 1. The van der Waals surface area contributed by atoms with Gasteiger partial charge in [-0.25, -0.2) is 4.39 Å². The van der Waals surface area contributed by atoms with E-state index in [1.54, 1.807) is 6.07 Å². The normalized spacial score (nSPS) is 10.4. The van der Waals surface area contributed by atoms with E-state index in [-0.39, 0.29) is 25.0 Å². The van der Waals surface area contributed by atoms with Gasteiger partial charge in [0.05, 0.1) is 12.6 Å². The molecule has 1 aromatic carbocycles. The molecule has 2 N–H and O–H groups in total. The summed E-state index contributed by atoms with van der Waals surface area (Å²) in [6, 6.07) is 4.44. The summed E-state index contributed by atoms with van der Waals surface area (Å²) in [5.74, 6) is -0.804. The highest BCUT2D eigenvalue weighted by molar-refractivity contribution is 5.71. The highest BCUT2D eigenvalue weighted by Gasteiger charge is 2.07. The van der Waals surface area contributed by atoms with Gasteiger partial charge in [-0.2, -0.15) is 0 Å². The van der Waals surface area contributed by atoms with Gasteiger partial charge in [-0.3, -0.25) is 4.79 Å². The molecular formula is C12H16FNO3. The van der Waals surface area contributed by atoms with E-state index < -0.39 is 11.8 Å². The fourth-order valence-electron chi connectivity index (χ4n) is 1.21. The van der Waals surface area contributed by atoms with Crippen molar-refractivity contribution in [2.24, 2.45) is 5.73 Å². The van der Waals surface area contributed by atoms with Crippen molar-refractivity contribution in [2.75, 3.05) is 6.54 Å². The lowest BCUT2D eigenvalue weighted by molar-refractivity contribution is -0.143. The zero-order valence-electron chi connectivity index (χ0n) is 9.90. The molecule has 1 rings (SSSR count). The number of carbonyl (C=O) groups excluding carboxylic acids is 1. The number of esters is 1. The molecule has 0 amide bonds. The first kappa shape index (κ1) is 13.4. The molecule has 17 heavy (non-hydrogen) atoms. The topological polar surface area (TPSA) is 61.5 Å². The van der Waals surface area contributed by atoms with Crippen molar-refractivity contribution in [3.05, 3.63) is 29.6 Å². The molecule has 0 atom stereocenters. The van der Waals surface area contributed by atoms with Gasteiger partial charge >= 0.3 is 5.97 Å². The Labute approximate surface area is 99.5 Å². The van der Waals surface area contributed by atoms with E-state index in [0.717, 1.165) is 0 Å². The molecule has 0 aliphatic heterocycles. The van der Waals surface area contributed by atoms with Crippen LogP contribution in [0.15, 0.2) is 18.2 Å². The van der Waals surface area contributed by atoms with Crippen LogP contribution in [0.2, 0.25) is 0 Å². The van der Waals surface area contributed by atoms with Crippen LogP contribution in [-0.2, 0) is 16.1 Å². The zero-order valence-corrected chi connectivity index (χ0v) is 9.90. The summed E-state index contributed by atoms with van der Waals surface area (Å²) < 4.78 is 23.6. The molecule has 0 aliphatic rings. The molecule has 0 saturated heterocycles. The molecular weight excluding hydrogens is 225 g/mol. The second-order valence-corrected chi connectivity index (χ2v) is 3.80. The third-order valence-electron chi connectivity index (χ3n) is 1.93. The van der Waals surface area contributed by atoms with Crippen molar-refractivity contribution in [3.63, 3.8) is 0 Å². The predicted molar refractivity (Wildman–Crippen MR) is 61.0 cm³/mol. The summed E-state index contributed by atoms with van der Waals surface area (Å²) in [5, 5.41) is 0. The molecule has 0 fully saturated rings. The smallest absolute Gasteiger partial charge is 0.320 e. The van der Waals surface area contributed by atoms with Crippen LogP contribution < -0.4 is 10.5 Å². The molecule has 0 heterocycles. The lowest BCUT2D eigenvalue weighted by Crippen LogP contribution is -2.16. The number of hydrogen-bond acceptors (Lipinski definition) is 4. The fraction of sp³-hybridized carbons (Fsp3) is 0.417. The number of ether oxygens (including phenoxy) is 2. The number of hydrogen-bond donors (Lipinski definition) is 1. The Morgan fingerprint density at radius 1 is 1.47 bits per heavy atom. The summed E-state index contributed by atoms with van der Waals surface area (Å²) in [6.07, 6.45) is -0.0922. The summed E-state index contributed by atoms with van der Waals surface area (Å²) in [6.45, 7) is 3.46. The highest BCUT2D eigenvalue weighted by Crippen LogP contribution is 2.20. The molecule has 0 unspecified atom stereocenters. The van der Waals surface area contributed by atoms with E-state index in [1.807, 2.05) is 13.8 Å². The summed E-state index contributed by atoms with van der Waals surface area (Å²) in [7, 11) is 0. The van der Waals surface area contributed by atoms with E-state index in [2.05, 4.69) is 0 Å². The number of rotatable bonds is 5. The van der Waals surface area contributed by atoms with Crippen molar-refractivity contribution >= 4 is 5.97 Å². The second kappa shape index (κ2) is 6.20. The third-order valence-corrected chi connectivity index (χ3v) is 1.93. The molecule has 94 valence electrons. The predicted octanol–water partition coefficient (Wildman–Crippen LogP) is 1.61. The first-order valence-electron chi connectivity index (χ1n) is 5.33. The minimum absolute atomic E-state index is 0.00884. The Morgan fingerprint density at radius 2 is 2.18 bits per heavy atom. The molecule has 4 nitrogen and oxygen atoms in total. The maximum absolute atomic E-state index is 13.5. The van der Waals surface area contributed by atoms with E-state index in [9.17, 15) is 9.18 Å². The van der Waals surface area contributed by atoms with Crippen LogP contribution in [0.5, 0.6) is 5.75 Å². The Morgan fingerprint density at radius 3 is 2.71 bits per heavy atom. The number of nitrogens with two attached hydrogens (primary N) is 1. The molecule has 0 radical (unpaired) electrons. The van der Waals surface area contributed by atoms with Crippen molar-refractivity contribution < 1.29 is 18.7 Å². The first-order chi connectivity index (χ1) is 8.02. The van der Waals surface area contributed by atoms with Crippen molar-refractivity contribution in [1.82, 2.24) is 0 Å². The molecule has 0 spiro atoms. The van der Waals surface area contributed by atoms with Crippen LogP contribution in [0, 0.1) is 5.82 Å². The monoisotopic (exact) mass is 241 g/mol. The van der Waals surface area contributed by atoms with Gasteiger partial charge in [0, 0.05) is 0 Å². The third kappa shape index (κ3) is 4.40. The average Bonchev–Trinajstić information content (AvgIpc) is 2.28. The highest BCUT2D eigenvalue weighted by atomic mass is 19.1. The SMILES string of the molecule is CC(C)Oc1ccc(COC(=O)CN)cc1F. The number of benzene rings is 1. The lowest BCUT2D eigenvalue weighted by Gasteiger charge is -2.11. The van der Waals surface area contributed by atoms with Gasteiger partial charge in [-0.15, -0.1) is 0 Å². The maximum Gasteiger partial charge on any atom is 0.320 e. The largest absolute Gasteiger partial charge is 0.488 e. The van der Waals surface area contributed by atoms with E-state index in [4.69, 9.17) is 15.2 Å². The molecule has 0 aliphatic carbocycles. The minimum Gasteiger partial charge on any atom is -0.488 e. The van der Waals surface area contributed by atoms with Crippen molar-refractivity contribution in [1.29, 1.82) is 0 Å². The first-order valence-corrected chi connectivity index (χ1v) is 5.33. The standard InChI is InChI=1S/C12H16FNO3/c1-8(2)17-11-4-3-9(5-10(11)13)7-16-12(15)6-14/h3-5,8H,6-7,14H2,1-2H3. The molecule has 0 bridgehead atoms. The summed E-state index contributed by atoms with van der Waals surface area (Å²) in [5.41, 5.74) is 5.63. The lowest BCUT2D eigenvalue weighted by atomic mass is 10.2. The van der Waals surface area contributed by atoms with Crippen LogP contribution in [0.3, 0.4) is 0 Å². The van der Waals surface area contributed by atoms with Crippen LogP contribution in [0.25, 0.3) is 0 Å². The minimum atomic E-state index is -0.520. The van der Waals surface area contributed by atoms with Gasteiger partial charge in [0.25, 0.3) is 0 Å². The summed E-state index contributed by atoms with van der Waals surface area (Å²) >= 11 is 0. The van der Waals surface area contributed by atoms with Gasteiger partial charge in [0.2, 0.25) is 0 Å². The molecule has 0 aromatic heterocycles. The fourth-order valence-corrected chi connectivity index (χ4v) is 1.21. The Bertz CT molecular complexity index is 393. The van der Waals surface area contributed by atoms with Crippen LogP contribution in [-0.4, -0.2) is 18.6 Å². The van der Waals surface area contributed by atoms with Crippen molar-refractivity contribution in [2.45, 2.75) is 26.6 Å². The maximum atomic E-state index is 13.5. The van der Waals surface area contributed by atoms with Gasteiger partial charge in [-0.05, 0) is 31.5 Å². The van der Waals surface area contributed by atoms with Crippen LogP contribution in [0.1, 0.15) is 19.4 Å². The quantitative estimate of drug-likeness (QED) is 0.796. The van der Waals surface area contributed by atoms with E-state index in [1.165, 1.54) is 12.1 Å². The zero-order chi connectivity index (χ0) is 12.8. The molecule has 5 heteroatoms. The molecule has 1 aromatic rings. The second-order valence-electron chi connectivity index (χ2n) is 3.80. The van der Waals surface area contributed by atoms with Gasteiger partial charge < -0.3 is 15.2 Å². The van der Waals surface area contributed by atoms with E-state index >= 15 is 0 Å². The van der Waals surface area contributed by atoms with Crippen LogP contribution >= 0.6 is 0 Å². The van der Waals surface area contributed by atoms with Gasteiger partial charge in [-0.1, -0.05) is 6.07 Å². The van der Waals surface area contributed by atoms with E-state index in [0.29, 0.717) is 5.56 Å². The Kier molecular flexibility index (Phi) is 4.90. The molecule has 0 saturated carbocycles. The van der Waals surface area contributed by atoms with Crippen molar-refractivity contribution in [3.8, 4) is 5.75 Å².